The molecular formula is C18H20N2O. The summed E-state index contributed by atoms with van der Waals surface area (Å²) in [6.45, 7) is 3.00. The molecule has 2 aromatic rings. The third-order valence-electron chi connectivity index (χ3n) is 3.99. The Balaban J connectivity index is 1.80. The number of nitrogens with one attached hydrogen (secondary N) is 2. The van der Waals surface area contributed by atoms with Crippen molar-refractivity contribution in [3.8, 4) is 0 Å². The molecule has 1 aliphatic rings. The second kappa shape index (κ2) is 6.00. The first kappa shape index (κ1) is 13.7. The summed E-state index contributed by atoms with van der Waals surface area (Å²) < 4.78 is 0. The predicted octanol–water partition coefficient (Wildman–Crippen LogP) is 3.54. The molecule has 1 amide bonds. The molecule has 0 aromatic heterocycles. The van der Waals surface area contributed by atoms with Crippen molar-refractivity contribution in [3.05, 3.63) is 65.2 Å². The zero-order chi connectivity index (χ0) is 14.7. The van der Waals surface area contributed by atoms with E-state index < -0.39 is 0 Å². The number of rotatable bonds is 3. The van der Waals surface area contributed by atoms with E-state index in [0.29, 0.717) is 0 Å². The van der Waals surface area contributed by atoms with Crippen LogP contribution in [0.1, 0.15) is 40.9 Å². The molecule has 0 unspecified atom stereocenters. The van der Waals surface area contributed by atoms with Gasteiger partial charge in [-0.3, -0.25) is 4.79 Å². The van der Waals surface area contributed by atoms with Crippen LogP contribution < -0.4 is 10.6 Å². The van der Waals surface area contributed by atoms with Crippen LogP contribution in [-0.4, -0.2) is 12.5 Å². The van der Waals surface area contributed by atoms with Gasteiger partial charge in [0.25, 0.3) is 5.91 Å². The number of fused-ring (bicyclic) bond motifs is 1. The summed E-state index contributed by atoms with van der Waals surface area (Å²) in [4.78, 5) is 12.6. The van der Waals surface area contributed by atoms with E-state index >= 15 is 0 Å². The minimum atomic E-state index is 0.00565. The molecule has 0 bridgehead atoms. The van der Waals surface area contributed by atoms with E-state index in [2.05, 4.69) is 10.6 Å². The van der Waals surface area contributed by atoms with Crippen molar-refractivity contribution in [1.29, 1.82) is 0 Å². The summed E-state index contributed by atoms with van der Waals surface area (Å²) in [6.07, 6.45) is 2.04. The van der Waals surface area contributed by atoms with Crippen LogP contribution in [0.5, 0.6) is 0 Å². The standard InChI is InChI=1S/C18H20N2O/c1-13(14-7-3-2-4-8-14)20-18(21)16-9-5-11-17-15(16)10-6-12-19-17/h2-5,7-9,11,13,19H,6,10,12H2,1H3,(H,20,21)/t13-/m1/s1. The maximum Gasteiger partial charge on any atom is 0.252 e. The number of carbonyl (C=O) groups is 1. The van der Waals surface area contributed by atoms with Crippen LogP contribution in [0.25, 0.3) is 0 Å². The van der Waals surface area contributed by atoms with Crippen molar-refractivity contribution >= 4 is 11.6 Å². The van der Waals surface area contributed by atoms with Crippen molar-refractivity contribution < 1.29 is 4.79 Å². The molecule has 3 rings (SSSR count). The molecule has 2 N–H and O–H groups in total. The lowest BCUT2D eigenvalue weighted by atomic mass is 9.96. The lowest BCUT2D eigenvalue weighted by molar-refractivity contribution is 0.0939. The van der Waals surface area contributed by atoms with E-state index in [0.717, 1.165) is 41.8 Å². The lowest BCUT2D eigenvalue weighted by Crippen LogP contribution is -2.28. The largest absolute Gasteiger partial charge is 0.385 e. The van der Waals surface area contributed by atoms with Gasteiger partial charge in [-0.2, -0.15) is 0 Å². The van der Waals surface area contributed by atoms with Gasteiger partial charge in [-0.1, -0.05) is 36.4 Å². The van der Waals surface area contributed by atoms with Crippen molar-refractivity contribution in [2.24, 2.45) is 0 Å². The summed E-state index contributed by atoms with van der Waals surface area (Å²) in [6, 6.07) is 15.9. The van der Waals surface area contributed by atoms with Crippen LogP contribution in [0.3, 0.4) is 0 Å². The van der Waals surface area contributed by atoms with Gasteiger partial charge in [0, 0.05) is 17.8 Å². The predicted molar refractivity (Wildman–Crippen MR) is 85.6 cm³/mol. The molecule has 0 saturated heterocycles. The van der Waals surface area contributed by atoms with Gasteiger partial charge in [-0.15, -0.1) is 0 Å². The number of hydrogen-bond donors (Lipinski definition) is 2. The quantitative estimate of drug-likeness (QED) is 0.903. The Bertz CT molecular complexity index is 637. The molecule has 1 aliphatic heterocycles. The van der Waals surface area contributed by atoms with Crippen LogP contribution in [-0.2, 0) is 6.42 Å². The zero-order valence-corrected chi connectivity index (χ0v) is 12.2. The van der Waals surface area contributed by atoms with E-state index in [9.17, 15) is 4.79 Å². The minimum absolute atomic E-state index is 0.00565. The Morgan fingerprint density at radius 1 is 1.14 bits per heavy atom. The molecule has 0 spiro atoms. The van der Waals surface area contributed by atoms with Gasteiger partial charge in [-0.25, -0.2) is 0 Å². The fraction of sp³-hybridized carbons (Fsp3) is 0.278. The van der Waals surface area contributed by atoms with Gasteiger partial charge in [0.15, 0.2) is 0 Å². The van der Waals surface area contributed by atoms with Gasteiger partial charge in [-0.05, 0) is 43.0 Å². The smallest absolute Gasteiger partial charge is 0.252 e. The molecule has 21 heavy (non-hydrogen) atoms. The van der Waals surface area contributed by atoms with Crippen LogP contribution in [0.15, 0.2) is 48.5 Å². The number of anilines is 1. The Hall–Kier alpha value is -2.29. The van der Waals surface area contributed by atoms with Crippen LogP contribution in [0.2, 0.25) is 0 Å². The first-order valence-electron chi connectivity index (χ1n) is 7.47. The summed E-state index contributed by atoms with van der Waals surface area (Å²) >= 11 is 0. The molecule has 0 saturated carbocycles. The van der Waals surface area contributed by atoms with Crippen molar-refractivity contribution in [2.45, 2.75) is 25.8 Å². The lowest BCUT2D eigenvalue weighted by Gasteiger charge is -2.22. The summed E-state index contributed by atoms with van der Waals surface area (Å²) in [7, 11) is 0. The number of benzene rings is 2. The van der Waals surface area contributed by atoms with Crippen LogP contribution >= 0.6 is 0 Å². The highest BCUT2D eigenvalue weighted by molar-refractivity contribution is 5.97. The number of carbonyl (C=O) groups excluding carboxylic acids is 1. The van der Waals surface area contributed by atoms with E-state index in [1.54, 1.807) is 0 Å². The molecule has 2 aromatic carbocycles. The summed E-state index contributed by atoms with van der Waals surface area (Å²) in [5.41, 5.74) is 4.15. The molecule has 108 valence electrons. The van der Waals surface area contributed by atoms with Gasteiger partial charge in [0.2, 0.25) is 0 Å². The second-order valence-electron chi connectivity index (χ2n) is 5.47. The first-order chi connectivity index (χ1) is 10.3. The monoisotopic (exact) mass is 280 g/mol. The molecule has 1 atom stereocenters. The second-order valence-corrected chi connectivity index (χ2v) is 5.47. The van der Waals surface area contributed by atoms with Gasteiger partial charge in [0.1, 0.15) is 0 Å². The van der Waals surface area contributed by atoms with Crippen molar-refractivity contribution in [3.63, 3.8) is 0 Å². The summed E-state index contributed by atoms with van der Waals surface area (Å²) in [5.74, 6) is 0.00639. The van der Waals surface area contributed by atoms with Crippen molar-refractivity contribution in [1.82, 2.24) is 5.32 Å². The van der Waals surface area contributed by atoms with Gasteiger partial charge >= 0.3 is 0 Å². The number of hydrogen-bond acceptors (Lipinski definition) is 2. The number of amides is 1. The highest BCUT2D eigenvalue weighted by atomic mass is 16.1. The normalized spacial score (nSPS) is 14.7. The molecule has 3 nitrogen and oxygen atoms in total. The van der Waals surface area contributed by atoms with E-state index in [1.165, 1.54) is 0 Å². The third kappa shape index (κ3) is 2.92. The maximum atomic E-state index is 12.6. The Kier molecular flexibility index (Phi) is 3.91. The highest BCUT2D eigenvalue weighted by Crippen LogP contribution is 2.25. The molecule has 1 heterocycles. The maximum absolute atomic E-state index is 12.6. The van der Waals surface area contributed by atoms with Gasteiger partial charge in [0.05, 0.1) is 6.04 Å². The molecule has 0 aliphatic carbocycles. The van der Waals surface area contributed by atoms with Crippen LogP contribution in [0, 0.1) is 0 Å². The SMILES string of the molecule is C[C@@H](NC(=O)c1cccc2c1CCCN2)c1ccccc1. The third-order valence-corrected chi connectivity index (χ3v) is 3.99. The van der Waals surface area contributed by atoms with Gasteiger partial charge < -0.3 is 10.6 Å². The van der Waals surface area contributed by atoms with E-state index in [4.69, 9.17) is 0 Å². The van der Waals surface area contributed by atoms with Crippen LogP contribution in [0.4, 0.5) is 5.69 Å². The highest BCUT2D eigenvalue weighted by Gasteiger charge is 2.18. The zero-order valence-electron chi connectivity index (χ0n) is 12.2. The Labute approximate surface area is 125 Å². The Morgan fingerprint density at radius 2 is 1.95 bits per heavy atom. The minimum Gasteiger partial charge on any atom is -0.385 e. The Morgan fingerprint density at radius 3 is 2.76 bits per heavy atom. The molecule has 3 heteroatoms. The average Bonchev–Trinajstić information content (AvgIpc) is 2.55. The molecular weight excluding hydrogens is 260 g/mol. The van der Waals surface area contributed by atoms with Crippen molar-refractivity contribution in [2.75, 3.05) is 11.9 Å². The fourth-order valence-corrected chi connectivity index (χ4v) is 2.82. The topological polar surface area (TPSA) is 41.1 Å². The first-order valence-corrected chi connectivity index (χ1v) is 7.47. The average molecular weight is 280 g/mol. The molecule has 0 fully saturated rings. The summed E-state index contributed by atoms with van der Waals surface area (Å²) in [5, 5.41) is 6.46. The fourth-order valence-electron chi connectivity index (χ4n) is 2.82. The van der Waals surface area contributed by atoms with E-state index in [1.807, 2.05) is 55.5 Å². The molecule has 0 radical (unpaired) electrons. The van der Waals surface area contributed by atoms with E-state index in [-0.39, 0.29) is 11.9 Å².